The fourth-order valence-corrected chi connectivity index (χ4v) is 5.58. The summed E-state index contributed by atoms with van der Waals surface area (Å²) in [5, 5.41) is 0. The van der Waals surface area contributed by atoms with Gasteiger partial charge in [-0.15, -0.1) is 0 Å². The van der Waals surface area contributed by atoms with Crippen molar-refractivity contribution in [2.45, 2.75) is 77.7 Å². The van der Waals surface area contributed by atoms with Gasteiger partial charge < -0.3 is 18.6 Å². The second-order valence-electron chi connectivity index (χ2n) is 6.30. The van der Waals surface area contributed by atoms with Crippen LogP contribution in [0.1, 0.15) is 41.5 Å². The number of carbonyl (C=O) groups excluding carboxylic acids is 1. The van der Waals surface area contributed by atoms with E-state index >= 15 is 0 Å². The van der Waals surface area contributed by atoms with Crippen LogP contribution in [-0.2, 0) is 23.4 Å². The quantitative estimate of drug-likeness (QED) is 0.363. The van der Waals surface area contributed by atoms with Gasteiger partial charge in [-0.1, -0.05) is 20.8 Å². The largest absolute Gasteiger partial charge is 0.463 e. The van der Waals surface area contributed by atoms with Crippen molar-refractivity contribution in [3.8, 4) is 0 Å². The summed E-state index contributed by atoms with van der Waals surface area (Å²) in [4.78, 5) is 11.6. The van der Waals surface area contributed by atoms with Gasteiger partial charge in [0, 0.05) is 6.08 Å². The number of ether oxygens (including phenoxy) is 3. The van der Waals surface area contributed by atoms with E-state index < -0.39 is 14.1 Å². The van der Waals surface area contributed by atoms with Crippen molar-refractivity contribution in [3.63, 3.8) is 0 Å². The molecule has 134 valence electrons. The summed E-state index contributed by atoms with van der Waals surface area (Å²) < 4.78 is 23.1. The molecule has 2 atom stereocenters. The van der Waals surface area contributed by atoms with Crippen molar-refractivity contribution >= 4 is 14.3 Å². The summed E-state index contributed by atoms with van der Waals surface area (Å²) in [6.45, 7) is 12.9. The van der Waals surface area contributed by atoms with Crippen LogP contribution in [0, 0.1) is 0 Å². The maximum Gasteiger partial charge on any atom is 0.330 e. The van der Waals surface area contributed by atoms with Crippen LogP contribution in [0.5, 0.6) is 0 Å². The molecular weight excluding hydrogens is 312 g/mol. The summed E-state index contributed by atoms with van der Waals surface area (Å²) in [6, 6.07) is 3.13. The van der Waals surface area contributed by atoms with E-state index in [1.807, 2.05) is 13.8 Å². The highest BCUT2D eigenvalue weighted by molar-refractivity contribution is 6.73. The molecule has 0 saturated carbocycles. The highest BCUT2D eigenvalue weighted by Crippen LogP contribution is 2.30. The molecule has 0 radical (unpaired) electrons. The third kappa shape index (κ3) is 6.03. The lowest BCUT2D eigenvalue weighted by molar-refractivity contribution is -0.146. The van der Waals surface area contributed by atoms with Crippen molar-refractivity contribution < 1.29 is 23.4 Å². The van der Waals surface area contributed by atoms with Gasteiger partial charge in [-0.2, -0.15) is 0 Å². The maximum absolute atomic E-state index is 11.6. The van der Waals surface area contributed by atoms with E-state index in [0.29, 0.717) is 13.2 Å². The monoisotopic (exact) mass is 344 g/mol. The van der Waals surface area contributed by atoms with Crippen molar-refractivity contribution in [2.24, 2.45) is 0 Å². The van der Waals surface area contributed by atoms with Gasteiger partial charge in [-0.05, 0) is 45.0 Å². The minimum absolute atomic E-state index is 0.202. The Bertz CT molecular complexity index is 396. The SMILES string of the molecule is CCOC(=O)/C=C/[C@H](O[Si](CC)(CC)CC)[C@H]1COC(C)(C)O1. The number of esters is 1. The molecule has 0 unspecified atom stereocenters. The van der Waals surface area contributed by atoms with Crippen LogP contribution in [0.2, 0.25) is 18.1 Å². The van der Waals surface area contributed by atoms with Gasteiger partial charge in [0.1, 0.15) is 6.10 Å². The van der Waals surface area contributed by atoms with Crippen molar-refractivity contribution in [1.29, 1.82) is 0 Å². The number of hydrogen-bond donors (Lipinski definition) is 0. The van der Waals surface area contributed by atoms with Crippen LogP contribution < -0.4 is 0 Å². The standard InChI is InChI=1S/C17H32O5Si/c1-7-19-16(18)12-11-14(15-13-20-17(5,6)21-15)22-23(8-2,9-3)10-4/h11-12,14-15H,7-10,13H2,1-6H3/b12-11+/t14-,15+/m0/s1. The minimum atomic E-state index is -1.82. The summed E-state index contributed by atoms with van der Waals surface area (Å²) in [6.07, 6.45) is 2.74. The van der Waals surface area contributed by atoms with Crippen LogP contribution in [0.25, 0.3) is 0 Å². The van der Waals surface area contributed by atoms with E-state index in [0.717, 1.165) is 18.1 Å². The lowest BCUT2D eigenvalue weighted by Crippen LogP contribution is -2.44. The van der Waals surface area contributed by atoms with Gasteiger partial charge in [0.05, 0.1) is 19.3 Å². The average Bonchev–Trinajstić information content (AvgIpc) is 2.89. The Hall–Kier alpha value is -0.693. The van der Waals surface area contributed by atoms with Crippen LogP contribution in [0.4, 0.5) is 0 Å². The number of carbonyl (C=O) groups is 1. The zero-order valence-corrected chi connectivity index (χ0v) is 16.4. The Balaban J connectivity index is 2.90. The average molecular weight is 345 g/mol. The van der Waals surface area contributed by atoms with Gasteiger partial charge >= 0.3 is 5.97 Å². The van der Waals surface area contributed by atoms with Crippen molar-refractivity contribution in [2.75, 3.05) is 13.2 Å². The lowest BCUT2D eigenvalue weighted by Gasteiger charge is -2.34. The second kappa shape index (κ2) is 8.96. The molecule has 6 heteroatoms. The minimum Gasteiger partial charge on any atom is -0.463 e. The van der Waals surface area contributed by atoms with Gasteiger partial charge in [-0.3, -0.25) is 0 Å². The zero-order chi connectivity index (χ0) is 17.5. The van der Waals surface area contributed by atoms with E-state index in [4.69, 9.17) is 18.6 Å². The molecule has 1 heterocycles. The maximum atomic E-state index is 11.6. The first-order chi connectivity index (χ1) is 10.8. The summed E-state index contributed by atoms with van der Waals surface area (Å²) >= 11 is 0. The molecular formula is C17H32O5Si. The summed E-state index contributed by atoms with van der Waals surface area (Å²) in [5.74, 6) is -0.963. The lowest BCUT2D eigenvalue weighted by atomic mass is 10.2. The van der Waals surface area contributed by atoms with Crippen molar-refractivity contribution in [1.82, 2.24) is 0 Å². The van der Waals surface area contributed by atoms with E-state index in [-0.39, 0.29) is 18.2 Å². The van der Waals surface area contributed by atoms with Crippen LogP contribution in [-0.4, -0.2) is 45.5 Å². The molecule has 0 N–H and O–H groups in total. The molecule has 0 bridgehead atoms. The molecule has 0 aliphatic carbocycles. The van der Waals surface area contributed by atoms with E-state index in [9.17, 15) is 4.79 Å². The predicted molar refractivity (Wildman–Crippen MR) is 92.7 cm³/mol. The fourth-order valence-electron chi connectivity index (χ4n) is 2.77. The molecule has 1 aliphatic rings. The van der Waals surface area contributed by atoms with Gasteiger partial charge in [0.25, 0.3) is 0 Å². The first kappa shape index (κ1) is 20.4. The van der Waals surface area contributed by atoms with Crippen LogP contribution in [0.3, 0.4) is 0 Å². The Kier molecular flexibility index (Phi) is 7.93. The van der Waals surface area contributed by atoms with E-state index in [1.165, 1.54) is 6.08 Å². The summed E-state index contributed by atoms with van der Waals surface area (Å²) in [7, 11) is -1.82. The molecule has 0 aromatic heterocycles. The molecule has 1 rings (SSSR count). The Morgan fingerprint density at radius 2 is 1.87 bits per heavy atom. The Morgan fingerprint density at radius 1 is 1.26 bits per heavy atom. The Labute approximate surface area is 141 Å². The Morgan fingerprint density at radius 3 is 2.30 bits per heavy atom. The molecule has 1 fully saturated rings. The van der Waals surface area contributed by atoms with Crippen LogP contribution >= 0.6 is 0 Å². The van der Waals surface area contributed by atoms with E-state index in [2.05, 4.69) is 20.8 Å². The topological polar surface area (TPSA) is 54.0 Å². The third-order valence-corrected chi connectivity index (χ3v) is 9.06. The predicted octanol–water partition coefficient (Wildman–Crippen LogP) is 3.65. The first-order valence-corrected chi connectivity index (χ1v) is 11.2. The zero-order valence-electron chi connectivity index (χ0n) is 15.4. The third-order valence-electron chi connectivity index (χ3n) is 4.42. The number of rotatable bonds is 9. The summed E-state index contributed by atoms with van der Waals surface area (Å²) in [5.41, 5.74) is 0. The van der Waals surface area contributed by atoms with Crippen molar-refractivity contribution in [3.05, 3.63) is 12.2 Å². The van der Waals surface area contributed by atoms with E-state index in [1.54, 1.807) is 13.0 Å². The number of hydrogen-bond acceptors (Lipinski definition) is 5. The molecule has 1 saturated heterocycles. The normalized spacial score (nSPS) is 22.4. The molecule has 23 heavy (non-hydrogen) atoms. The van der Waals surface area contributed by atoms with Crippen LogP contribution in [0.15, 0.2) is 12.2 Å². The molecule has 0 spiro atoms. The fraction of sp³-hybridized carbons (Fsp3) is 0.824. The van der Waals surface area contributed by atoms with Gasteiger partial charge in [0.2, 0.25) is 0 Å². The first-order valence-electron chi connectivity index (χ1n) is 8.66. The smallest absolute Gasteiger partial charge is 0.330 e. The molecule has 0 aromatic rings. The molecule has 5 nitrogen and oxygen atoms in total. The highest BCUT2D eigenvalue weighted by atomic mass is 28.4. The second-order valence-corrected chi connectivity index (χ2v) is 11.0. The van der Waals surface area contributed by atoms with Gasteiger partial charge in [-0.25, -0.2) is 4.79 Å². The molecule has 0 aromatic carbocycles. The molecule has 1 aliphatic heterocycles. The molecule has 0 amide bonds. The highest BCUT2D eigenvalue weighted by Gasteiger charge is 2.40. The van der Waals surface area contributed by atoms with Gasteiger partial charge in [0.15, 0.2) is 14.1 Å².